The molecule has 6 heteroatoms. The molecule has 3 rings (SSSR count). The summed E-state index contributed by atoms with van der Waals surface area (Å²) in [6.45, 7) is 0.335. The Bertz CT molecular complexity index is 807. The first-order valence-corrected chi connectivity index (χ1v) is 6.43. The molecule has 0 radical (unpaired) electrons. The highest BCUT2D eigenvalue weighted by Crippen LogP contribution is 2.20. The Morgan fingerprint density at radius 1 is 1.37 bits per heavy atom. The summed E-state index contributed by atoms with van der Waals surface area (Å²) in [7, 11) is 0. The van der Waals surface area contributed by atoms with Crippen molar-refractivity contribution in [1.29, 1.82) is 0 Å². The van der Waals surface area contributed by atoms with E-state index in [1.807, 2.05) is 12.1 Å². The molecule has 19 heavy (non-hydrogen) atoms. The Balaban J connectivity index is 2.10. The number of fused-ring (bicyclic) bond motifs is 1. The molecule has 2 N–H and O–H groups in total. The van der Waals surface area contributed by atoms with Crippen molar-refractivity contribution in [3.63, 3.8) is 0 Å². The van der Waals surface area contributed by atoms with Crippen molar-refractivity contribution in [2.24, 2.45) is 0 Å². The van der Waals surface area contributed by atoms with E-state index in [1.165, 1.54) is 4.57 Å². The van der Waals surface area contributed by atoms with Gasteiger partial charge in [0.25, 0.3) is 0 Å². The minimum atomic E-state index is -0.434. The van der Waals surface area contributed by atoms with Crippen LogP contribution >= 0.6 is 15.9 Å². The molecule has 2 heterocycles. The molecule has 0 spiro atoms. The van der Waals surface area contributed by atoms with Crippen LogP contribution in [0.25, 0.3) is 11.2 Å². The highest BCUT2D eigenvalue weighted by atomic mass is 79.9. The van der Waals surface area contributed by atoms with Crippen LogP contribution < -0.4 is 11.5 Å². The number of hydrogen-bond donors (Lipinski definition) is 1. The smallest absolute Gasteiger partial charge is 0.406 e. The number of nitrogens with two attached hydrogens (primary N) is 1. The molecule has 0 fully saturated rings. The van der Waals surface area contributed by atoms with Gasteiger partial charge in [0.2, 0.25) is 0 Å². The van der Waals surface area contributed by atoms with Crippen LogP contribution in [-0.2, 0) is 6.54 Å². The van der Waals surface area contributed by atoms with Crippen LogP contribution in [0.4, 0.5) is 5.69 Å². The van der Waals surface area contributed by atoms with E-state index < -0.39 is 5.76 Å². The second-order valence-electron chi connectivity index (χ2n) is 4.12. The Kier molecular flexibility index (Phi) is 2.87. The topological polar surface area (TPSA) is 74.0 Å². The first-order chi connectivity index (χ1) is 9.15. The number of nitrogen functional groups attached to an aromatic ring is 1. The Morgan fingerprint density at radius 3 is 3.00 bits per heavy atom. The predicted octanol–water partition coefficient (Wildman–Crippen LogP) is 2.38. The van der Waals surface area contributed by atoms with Gasteiger partial charge in [0.15, 0.2) is 11.2 Å². The fourth-order valence-corrected chi connectivity index (χ4v) is 2.30. The monoisotopic (exact) mass is 319 g/mol. The summed E-state index contributed by atoms with van der Waals surface area (Å²) in [5.41, 5.74) is 8.40. The average molecular weight is 320 g/mol. The fraction of sp³-hybridized carbons (Fsp3) is 0.0769. The van der Waals surface area contributed by atoms with Gasteiger partial charge in [-0.2, -0.15) is 0 Å². The Hall–Kier alpha value is -2.08. The molecule has 1 aromatic carbocycles. The maximum atomic E-state index is 11.8. The molecule has 3 aromatic rings. The summed E-state index contributed by atoms with van der Waals surface area (Å²) in [6, 6.07) is 8.99. The predicted molar refractivity (Wildman–Crippen MR) is 75.9 cm³/mol. The molecule has 0 saturated heterocycles. The molecular formula is C13H10BrN3O2. The van der Waals surface area contributed by atoms with E-state index in [0.717, 1.165) is 10.0 Å². The lowest BCUT2D eigenvalue weighted by Gasteiger charge is -2.06. The number of oxazole rings is 1. The van der Waals surface area contributed by atoms with E-state index in [2.05, 4.69) is 20.9 Å². The third kappa shape index (κ3) is 2.15. The van der Waals surface area contributed by atoms with E-state index in [9.17, 15) is 4.79 Å². The summed E-state index contributed by atoms with van der Waals surface area (Å²) in [5.74, 6) is -0.434. The van der Waals surface area contributed by atoms with Crippen molar-refractivity contribution in [2.75, 3.05) is 5.73 Å². The van der Waals surface area contributed by atoms with Crippen molar-refractivity contribution < 1.29 is 4.42 Å². The van der Waals surface area contributed by atoms with Crippen LogP contribution in [0.1, 0.15) is 5.56 Å². The highest BCUT2D eigenvalue weighted by Gasteiger charge is 2.11. The van der Waals surface area contributed by atoms with Crippen molar-refractivity contribution in [3.8, 4) is 0 Å². The second-order valence-corrected chi connectivity index (χ2v) is 5.04. The van der Waals surface area contributed by atoms with Crippen LogP contribution in [-0.4, -0.2) is 9.55 Å². The van der Waals surface area contributed by atoms with E-state index in [0.29, 0.717) is 23.5 Å². The average Bonchev–Trinajstić information content (AvgIpc) is 2.69. The molecule has 0 unspecified atom stereocenters. The van der Waals surface area contributed by atoms with Crippen LogP contribution in [0.5, 0.6) is 0 Å². The number of nitrogens with zero attached hydrogens (tertiary/aromatic N) is 2. The van der Waals surface area contributed by atoms with E-state index >= 15 is 0 Å². The van der Waals surface area contributed by atoms with Gasteiger partial charge < -0.3 is 10.2 Å². The molecule has 0 aliphatic rings. The number of rotatable bonds is 2. The Labute approximate surface area is 116 Å². The summed E-state index contributed by atoms with van der Waals surface area (Å²) in [6.07, 6.45) is 1.62. The van der Waals surface area contributed by atoms with Crippen LogP contribution in [0, 0.1) is 0 Å². The van der Waals surface area contributed by atoms with Crippen LogP contribution in [0.15, 0.2) is 50.2 Å². The lowest BCUT2D eigenvalue weighted by molar-refractivity contribution is 0.518. The molecule has 0 aliphatic heterocycles. The van der Waals surface area contributed by atoms with Crippen molar-refractivity contribution >= 4 is 32.8 Å². The lowest BCUT2D eigenvalue weighted by Crippen LogP contribution is -2.16. The molecule has 0 atom stereocenters. The first kappa shape index (κ1) is 12.0. The van der Waals surface area contributed by atoms with Crippen LogP contribution in [0.3, 0.4) is 0 Å². The van der Waals surface area contributed by atoms with Gasteiger partial charge >= 0.3 is 5.76 Å². The van der Waals surface area contributed by atoms with Gasteiger partial charge in [-0.05, 0) is 29.8 Å². The van der Waals surface area contributed by atoms with Gasteiger partial charge in [0, 0.05) is 16.4 Å². The minimum absolute atomic E-state index is 0.335. The largest absolute Gasteiger partial charge is 0.421 e. The molecular weight excluding hydrogens is 310 g/mol. The summed E-state index contributed by atoms with van der Waals surface area (Å²) in [4.78, 5) is 16.0. The summed E-state index contributed by atoms with van der Waals surface area (Å²) in [5, 5.41) is 0. The number of aromatic nitrogens is 2. The normalized spacial score (nSPS) is 11.0. The molecule has 0 saturated carbocycles. The molecule has 2 aromatic heterocycles. The second kappa shape index (κ2) is 4.55. The third-order valence-corrected chi connectivity index (χ3v) is 3.35. The molecule has 96 valence electrons. The van der Waals surface area contributed by atoms with Gasteiger partial charge in [-0.15, -0.1) is 0 Å². The fourth-order valence-electron chi connectivity index (χ4n) is 1.92. The number of benzene rings is 1. The maximum Gasteiger partial charge on any atom is 0.421 e. The molecule has 0 aliphatic carbocycles. The number of anilines is 1. The van der Waals surface area contributed by atoms with Gasteiger partial charge in [-0.1, -0.05) is 22.0 Å². The summed E-state index contributed by atoms with van der Waals surface area (Å²) < 4.78 is 7.50. The maximum absolute atomic E-state index is 11.8. The SMILES string of the molecule is Nc1cc(Br)ccc1Cn1c(=O)oc2cccnc21. The molecule has 0 amide bonds. The Morgan fingerprint density at radius 2 is 2.21 bits per heavy atom. The minimum Gasteiger partial charge on any atom is -0.406 e. The highest BCUT2D eigenvalue weighted by molar-refractivity contribution is 9.10. The molecule has 0 bridgehead atoms. The zero-order valence-corrected chi connectivity index (χ0v) is 11.4. The van der Waals surface area contributed by atoms with Gasteiger partial charge in [0.05, 0.1) is 6.54 Å². The third-order valence-electron chi connectivity index (χ3n) is 2.86. The van der Waals surface area contributed by atoms with E-state index in [1.54, 1.807) is 24.4 Å². The van der Waals surface area contributed by atoms with Gasteiger partial charge in [0.1, 0.15) is 0 Å². The molecule has 5 nitrogen and oxygen atoms in total. The lowest BCUT2D eigenvalue weighted by atomic mass is 10.2. The van der Waals surface area contributed by atoms with E-state index in [-0.39, 0.29) is 0 Å². The number of hydrogen-bond acceptors (Lipinski definition) is 4. The number of pyridine rings is 1. The standard InChI is InChI=1S/C13H10BrN3O2/c14-9-4-3-8(10(15)6-9)7-17-12-11(19-13(17)18)2-1-5-16-12/h1-6H,7,15H2. The zero-order chi connectivity index (χ0) is 13.4. The van der Waals surface area contributed by atoms with Crippen molar-refractivity contribution in [1.82, 2.24) is 9.55 Å². The van der Waals surface area contributed by atoms with E-state index in [4.69, 9.17) is 10.2 Å². The van der Waals surface area contributed by atoms with Crippen molar-refractivity contribution in [2.45, 2.75) is 6.54 Å². The quantitative estimate of drug-likeness (QED) is 0.736. The van der Waals surface area contributed by atoms with Gasteiger partial charge in [-0.25, -0.2) is 9.78 Å². The van der Waals surface area contributed by atoms with Gasteiger partial charge in [-0.3, -0.25) is 4.57 Å². The zero-order valence-electron chi connectivity index (χ0n) is 9.84. The first-order valence-electron chi connectivity index (χ1n) is 5.63. The van der Waals surface area contributed by atoms with Crippen molar-refractivity contribution in [3.05, 3.63) is 57.1 Å². The van der Waals surface area contributed by atoms with Crippen LogP contribution in [0.2, 0.25) is 0 Å². The number of halogens is 1. The summed E-state index contributed by atoms with van der Waals surface area (Å²) >= 11 is 3.35.